The maximum atomic E-state index is 13.1. The molecular formula is C21H19N3OS2. The van der Waals surface area contributed by atoms with Crippen LogP contribution in [0.5, 0.6) is 0 Å². The molecule has 0 fully saturated rings. The topological polar surface area (TPSA) is 45.2 Å². The third-order valence-electron chi connectivity index (χ3n) is 4.92. The molecule has 2 aromatic carbocycles. The number of thiazole rings is 1. The standard InChI is InChI=1S/C21H19N3OS2/c25-21(22-13-20-23-14-7-1-4-10-17(14)27-20)24-15-8-2-5-11-18(15)26-19-12-6-3-9-16(19)24/h2-3,5-6,8-9,11-12H,1,4,7,10,13H2,(H,22,25). The van der Waals surface area contributed by atoms with E-state index in [0.717, 1.165) is 39.0 Å². The van der Waals surface area contributed by atoms with E-state index in [9.17, 15) is 4.79 Å². The van der Waals surface area contributed by atoms with Crippen molar-refractivity contribution in [3.8, 4) is 0 Å². The highest BCUT2D eigenvalue weighted by Crippen LogP contribution is 2.47. The quantitative estimate of drug-likeness (QED) is 0.622. The second kappa shape index (κ2) is 7.02. The minimum Gasteiger partial charge on any atom is -0.331 e. The van der Waals surface area contributed by atoms with Gasteiger partial charge in [-0.05, 0) is 49.9 Å². The van der Waals surface area contributed by atoms with Crippen LogP contribution in [0.15, 0.2) is 58.3 Å². The summed E-state index contributed by atoms with van der Waals surface area (Å²) in [5.74, 6) is 0. The molecule has 5 rings (SSSR count). The van der Waals surface area contributed by atoms with Crippen molar-refractivity contribution < 1.29 is 4.79 Å². The second-order valence-electron chi connectivity index (χ2n) is 6.72. The maximum Gasteiger partial charge on any atom is 0.326 e. The Hall–Kier alpha value is -2.31. The third-order valence-corrected chi connectivity index (χ3v) is 7.20. The van der Waals surface area contributed by atoms with Gasteiger partial charge < -0.3 is 5.32 Å². The van der Waals surface area contributed by atoms with E-state index < -0.39 is 0 Å². The molecule has 1 aromatic heterocycles. The molecule has 0 spiro atoms. The summed E-state index contributed by atoms with van der Waals surface area (Å²) in [6.45, 7) is 0.477. The first-order chi connectivity index (χ1) is 13.3. The van der Waals surface area contributed by atoms with Crippen molar-refractivity contribution in [1.29, 1.82) is 0 Å². The molecule has 2 amide bonds. The number of carbonyl (C=O) groups is 1. The molecule has 1 N–H and O–H groups in total. The van der Waals surface area contributed by atoms with Crippen LogP contribution in [0.3, 0.4) is 0 Å². The van der Waals surface area contributed by atoms with Crippen LogP contribution < -0.4 is 10.2 Å². The largest absolute Gasteiger partial charge is 0.331 e. The first-order valence-corrected chi connectivity index (χ1v) is 10.8. The molecule has 0 bridgehead atoms. The van der Waals surface area contributed by atoms with Crippen molar-refractivity contribution in [2.75, 3.05) is 4.90 Å². The first kappa shape index (κ1) is 16.8. The number of benzene rings is 2. The van der Waals surface area contributed by atoms with Gasteiger partial charge in [-0.15, -0.1) is 11.3 Å². The Balaban J connectivity index is 1.40. The lowest BCUT2D eigenvalue weighted by Crippen LogP contribution is -2.37. The molecule has 0 saturated heterocycles. The number of rotatable bonds is 2. The van der Waals surface area contributed by atoms with E-state index >= 15 is 0 Å². The predicted molar refractivity (Wildman–Crippen MR) is 110 cm³/mol. The minimum atomic E-state index is -0.108. The molecule has 27 heavy (non-hydrogen) atoms. The van der Waals surface area contributed by atoms with Gasteiger partial charge >= 0.3 is 6.03 Å². The maximum absolute atomic E-state index is 13.1. The SMILES string of the molecule is O=C(NCc1nc2c(s1)CCCC2)N1c2ccccc2Sc2ccccc21. The average molecular weight is 394 g/mol. The van der Waals surface area contributed by atoms with Crippen molar-refractivity contribution in [2.45, 2.75) is 42.0 Å². The smallest absolute Gasteiger partial charge is 0.326 e. The average Bonchev–Trinajstić information content (AvgIpc) is 3.13. The Labute approximate surface area is 166 Å². The van der Waals surface area contributed by atoms with Crippen LogP contribution in [0.4, 0.5) is 16.2 Å². The highest BCUT2D eigenvalue weighted by Gasteiger charge is 2.28. The number of nitrogens with one attached hydrogen (secondary N) is 1. The van der Waals surface area contributed by atoms with Crippen LogP contribution in [-0.2, 0) is 19.4 Å². The number of hydrogen-bond acceptors (Lipinski definition) is 4. The van der Waals surface area contributed by atoms with Crippen molar-refractivity contribution in [1.82, 2.24) is 10.3 Å². The van der Waals surface area contributed by atoms with Gasteiger partial charge in [-0.2, -0.15) is 0 Å². The lowest BCUT2D eigenvalue weighted by molar-refractivity contribution is 0.248. The van der Waals surface area contributed by atoms with Gasteiger partial charge in [-0.3, -0.25) is 4.90 Å². The molecule has 0 atom stereocenters. The van der Waals surface area contributed by atoms with E-state index in [0.29, 0.717) is 6.54 Å². The lowest BCUT2D eigenvalue weighted by atomic mass is 10.0. The van der Waals surface area contributed by atoms with Gasteiger partial charge in [0.2, 0.25) is 0 Å². The summed E-state index contributed by atoms with van der Waals surface area (Å²) in [6.07, 6.45) is 4.68. The van der Waals surface area contributed by atoms with Crippen molar-refractivity contribution >= 4 is 40.5 Å². The number of carbonyl (C=O) groups excluding carboxylic acids is 1. The van der Waals surface area contributed by atoms with E-state index in [4.69, 9.17) is 4.98 Å². The zero-order valence-corrected chi connectivity index (χ0v) is 16.4. The summed E-state index contributed by atoms with van der Waals surface area (Å²) in [6, 6.07) is 16.0. The van der Waals surface area contributed by atoms with Gasteiger partial charge in [-0.25, -0.2) is 9.78 Å². The van der Waals surface area contributed by atoms with Gasteiger partial charge in [0.25, 0.3) is 0 Å². The molecule has 0 radical (unpaired) electrons. The number of fused-ring (bicyclic) bond motifs is 3. The van der Waals surface area contributed by atoms with Crippen LogP contribution in [0.25, 0.3) is 0 Å². The zero-order valence-electron chi connectivity index (χ0n) is 14.8. The number of para-hydroxylation sites is 2. The van der Waals surface area contributed by atoms with Crippen LogP contribution in [-0.4, -0.2) is 11.0 Å². The summed E-state index contributed by atoms with van der Waals surface area (Å²) >= 11 is 3.45. The molecule has 1 aliphatic carbocycles. The van der Waals surface area contributed by atoms with Crippen LogP contribution in [0.2, 0.25) is 0 Å². The van der Waals surface area contributed by atoms with Crippen molar-refractivity contribution in [2.24, 2.45) is 0 Å². The number of aryl methyl sites for hydroxylation is 2. The molecule has 0 unspecified atom stereocenters. The summed E-state index contributed by atoms with van der Waals surface area (Å²) in [5, 5.41) is 4.09. The van der Waals surface area contributed by atoms with E-state index in [1.54, 1.807) is 28.0 Å². The van der Waals surface area contributed by atoms with E-state index in [-0.39, 0.29) is 6.03 Å². The normalized spacial score (nSPS) is 14.9. The zero-order chi connectivity index (χ0) is 18.2. The Kier molecular flexibility index (Phi) is 4.38. The van der Waals surface area contributed by atoms with Gasteiger partial charge in [0.05, 0.1) is 23.6 Å². The summed E-state index contributed by atoms with van der Waals surface area (Å²) < 4.78 is 0. The molecule has 2 aliphatic rings. The minimum absolute atomic E-state index is 0.108. The van der Waals surface area contributed by atoms with Crippen LogP contribution in [0, 0.1) is 0 Å². The fourth-order valence-electron chi connectivity index (χ4n) is 3.63. The monoisotopic (exact) mass is 393 g/mol. The number of aromatic nitrogens is 1. The van der Waals surface area contributed by atoms with E-state index in [2.05, 4.69) is 17.4 Å². The molecule has 0 saturated carbocycles. The Bertz CT molecular complexity index is 945. The third kappa shape index (κ3) is 3.13. The predicted octanol–water partition coefficient (Wildman–Crippen LogP) is 5.53. The second-order valence-corrected chi connectivity index (χ2v) is 8.97. The lowest BCUT2D eigenvalue weighted by Gasteiger charge is -2.30. The molecular weight excluding hydrogens is 374 g/mol. The molecule has 4 nitrogen and oxygen atoms in total. The fourth-order valence-corrected chi connectivity index (χ4v) is 5.79. The van der Waals surface area contributed by atoms with Crippen LogP contribution in [0.1, 0.15) is 28.4 Å². The molecule has 6 heteroatoms. The number of anilines is 2. The highest BCUT2D eigenvalue weighted by molar-refractivity contribution is 7.99. The van der Waals surface area contributed by atoms with Crippen LogP contribution >= 0.6 is 23.1 Å². The number of hydrogen-bond donors (Lipinski definition) is 1. The Morgan fingerprint density at radius 1 is 1.00 bits per heavy atom. The van der Waals surface area contributed by atoms with Gasteiger partial charge in [0, 0.05) is 14.7 Å². The fraction of sp³-hybridized carbons (Fsp3) is 0.238. The van der Waals surface area contributed by atoms with Gasteiger partial charge in [-0.1, -0.05) is 36.0 Å². The molecule has 2 heterocycles. The Morgan fingerprint density at radius 2 is 1.67 bits per heavy atom. The number of amides is 2. The van der Waals surface area contributed by atoms with E-state index in [1.807, 2.05) is 36.4 Å². The molecule has 1 aliphatic heterocycles. The summed E-state index contributed by atoms with van der Waals surface area (Å²) in [7, 11) is 0. The number of urea groups is 1. The van der Waals surface area contributed by atoms with E-state index in [1.165, 1.54) is 23.4 Å². The molecule has 3 aromatic rings. The Morgan fingerprint density at radius 3 is 2.37 bits per heavy atom. The van der Waals surface area contributed by atoms with Crippen molar-refractivity contribution in [3.63, 3.8) is 0 Å². The first-order valence-electron chi connectivity index (χ1n) is 9.21. The summed E-state index contributed by atoms with van der Waals surface area (Å²) in [4.78, 5) is 23.2. The van der Waals surface area contributed by atoms with Gasteiger partial charge in [0.15, 0.2) is 0 Å². The summed E-state index contributed by atoms with van der Waals surface area (Å²) in [5.41, 5.74) is 3.09. The number of nitrogens with zero attached hydrogens (tertiary/aromatic N) is 2. The van der Waals surface area contributed by atoms with Crippen molar-refractivity contribution in [3.05, 3.63) is 64.1 Å². The highest BCUT2D eigenvalue weighted by atomic mass is 32.2. The molecule has 136 valence electrons. The van der Waals surface area contributed by atoms with Gasteiger partial charge in [0.1, 0.15) is 5.01 Å².